The number of hydrogen-bond acceptors (Lipinski definition) is 2. The number of anilines is 2. The average molecular weight is 313 g/mol. The molecule has 0 radical (unpaired) electrons. The molecule has 0 bridgehead atoms. The molecule has 2 rings (SSSR count). The monoisotopic (exact) mass is 312 g/mol. The fourth-order valence-corrected chi connectivity index (χ4v) is 1.82. The summed E-state index contributed by atoms with van der Waals surface area (Å²) < 4.78 is 27.4. The van der Waals surface area contributed by atoms with Crippen molar-refractivity contribution < 1.29 is 8.78 Å². The summed E-state index contributed by atoms with van der Waals surface area (Å²) in [6.45, 7) is 1.85. The molecule has 18 heavy (non-hydrogen) atoms. The summed E-state index contributed by atoms with van der Waals surface area (Å²) in [4.78, 5) is 5.91. The van der Waals surface area contributed by atoms with Crippen LogP contribution in [0.1, 0.15) is 5.69 Å². The van der Waals surface area contributed by atoms with E-state index in [9.17, 15) is 8.78 Å². The summed E-state index contributed by atoms with van der Waals surface area (Å²) in [6.07, 6.45) is 0. The number of benzene rings is 1. The lowest BCUT2D eigenvalue weighted by atomic mass is 10.2. The minimum atomic E-state index is -0.611. The molecule has 1 aromatic heterocycles. The van der Waals surface area contributed by atoms with Crippen LogP contribution >= 0.6 is 15.9 Å². The maximum atomic E-state index is 13.6. The molecule has 0 spiro atoms. The van der Waals surface area contributed by atoms with E-state index in [1.807, 2.05) is 13.0 Å². The molecule has 2 aromatic rings. The van der Waals surface area contributed by atoms with Crippen LogP contribution in [0.25, 0.3) is 0 Å². The minimum Gasteiger partial charge on any atom is -0.327 e. The minimum absolute atomic E-state index is 0.283. The Labute approximate surface area is 112 Å². The molecule has 5 heteroatoms. The van der Waals surface area contributed by atoms with Crippen molar-refractivity contribution in [2.75, 3.05) is 11.9 Å². The second-order valence-corrected chi connectivity index (χ2v) is 4.75. The van der Waals surface area contributed by atoms with Crippen molar-refractivity contribution in [3.05, 3.63) is 52.1 Å². The van der Waals surface area contributed by atoms with Gasteiger partial charge in [0.25, 0.3) is 0 Å². The number of aryl methyl sites for hydroxylation is 1. The van der Waals surface area contributed by atoms with E-state index < -0.39 is 11.6 Å². The first-order valence-electron chi connectivity index (χ1n) is 5.31. The van der Waals surface area contributed by atoms with Crippen LogP contribution in [0.5, 0.6) is 0 Å². The average Bonchev–Trinajstić information content (AvgIpc) is 2.32. The van der Waals surface area contributed by atoms with E-state index in [0.717, 1.165) is 16.2 Å². The second kappa shape index (κ2) is 5.02. The summed E-state index contributed by atoms with van der Waals surface area (Å²) in [5, 5.41) is 0. The molecule has 0 N–H and O–H groups in total. The molecular formula is C13H11BrF2N2. The highest BCUT2D eigenvalue weighted by Gasteiger charge is 2.12. The first-order chi connectivity index (χ1) is 8.49. The van der Waals surface area contributed by atoms with E-state index in [2.05, 4.69) is 20.9 Å². The Morgan fingerprint density at radius 1 is 1.17 bits per heavy atom. The predicted octanol–water partition coefficient (Wildman–Crippen LogP) is 4.20. The van der Waals surface area contributed by atoms with Gasteiger partial charge in [-0.05, 0) is 47.1 Å². The molecule has 0 amide bonds. The van der Waals surface area contributed by atoms with Crippen molar-refractivity contribution >= 4 is 27.4 Å². The maximum Gasteiger partial charge on any atom is 0.149 e. The highest BCUT2D eigenvalue weighted by atomic mass is 79.9. The molecule has 1 aromatic carbocycles. The zero-order valence-corrected chi connectivity index (χ0v) is 11.5. The number of nitrogens with zero attached hydrogens (tertiary/aromatic N) is 2. The van der Waals surface area contributed by atoms with Crippen molar-refractivity contribution in [3.8, 4) is 0 Å². The molecule has 0 aliphatic heterocycles. The van der Waals surface area contributed by atoms with Gasteiger partial charge in [0.1, 0.15) is 17.5 Å². The van der Waals surface area contributed by atoms with E-state index in [1.165, 1.54) is 12.1 Å². The molecule has 0 fully saturated rings. The van der Waals surface area contributed by atoms with Gasteiger partial charge in [-0.1, -0.05) is 0 Å². The van der Waals surface area contributed by atoms with E-state index in [1.54, 1.807) is 18.0 Å². The van der Waals surface area contributed by atoms with Gasteiger partial charge in [0, 0.05) is 17.6 Å². The quantitative estimate of drug-likeness (QED) is 0.826. The van der Waals surface area contributed by atoms with Gasteiger partial charge in [-0.3, -0.25) is 0 Å². The highest BCUT2D eigenvalue weighted by Crippen LogP contribution is 2.27. The molecule has 0 aliphatic carbocycles. The Hall–Kier alpha value is -1.49. The first-order valence-corrected chi connectivity index (χ1v) is 6.10. The van der Waals surface area contributed by atoms with Gasteiger partial charge in [-0.2, -0.15) is 0 Å². The molecule has 0 saturated heterocycles. The smallest absolute Gasteiger partial charge is 0.149 e. The molecule has 1 heterocycles. The maximum absolute atomic E-state index is 13.6. The molecule has 0 saturated carbocycles. The standard InChI is InChI=1S/C13H11BrF2N2/c1-8-10(14)4-6-13(17-8)18(2)12-5-3-9(15)7-11(12)16/h3-7H,1-2H3. The molecule has 0 aliphatic rings. The Balaban J connectivity index is 2.41. The van der Waals surface area contributed by atoms with Gasteiger partial charge >= 0.3 is 0 Å². The molecular weight excluding hydrogens is 302 g/mol. The van der Waals surface area contributed by atoms with Crippen molar-refractivity contribution in [1.82, 2.24) is 4.98 Å². The van der Waals surface area contributed by atoms with Gasteiger partial charge in [-0.15, -0.1) is 0 Å². The number of pyridine rings is 1. The number of aromatic nitrogens is 1. The van der Waals surface area contributed by atoms with Crippen LogP contribution < -0.4 is 4.90 Å². The van der Waals surface area contributed by atoms with Crippen LogP contribution in [0.2, 0.25) is 0 Å². The van der Waals surface area contributed by atoms with Crippen LogP contribution in [0.15, 0.2) is 34.8 Å². The number of rotatable bonds is 2. The molecule has 0 atom stereocenters. The lowest BCUT2D eigenvalue weighted by Crippen LogP contribution is -2.13. The van der Waals surface area contributed by atoms with Crippen LogP contribution in [0.3, 0.4) is 0 Å². The number of hydrogen-bond donors (Lipinski definition) is 0. The normalized spacial score (nSPS) is 10.5. The van der Waals surface area contributed by atoms with Gasteiger partial charge in [0.05, 0.1) is 11.4 Å². The zero-order chi connectivity index (χ0) is 13.3. The summed E-state index contributed by atoms with van der Waals surface area (Å²) in [7, 11) is 1.69. The third-order valence-corrected chi connectivity index (χ3v) is 3.46. The Morgan fingerprint density at radius 3 is 2.50 bits per heavy atom. The Bertz CT molecular complexity index is 587. The topological polar surface area (TPSA) is 16.1 Å². The van der Waals surface area contributed by atoms with E-state index in [-0.39, 0.29) is 5.69 Å². The van der Waals surface area contributed by atoms with Crippen LogP contribution in [-0.2, 0) is 0 Å². The Morgan fingerprint density at radius 2 is 1.89 bits per heavy atom. The molecule has 2 nitrogen and oxygen atoms in total. The lowest BCUT2D eigenvalue weighted by molar-refractivity contribution is 0.583. The SMILES string of the molecule is Cc1nc(N(C)c2ccc(F)cc2F)ccc1Br. The van der Waals surface area contributed by atoms with Crippen LogP contribution in [-0.4, -0.2) is 12.0 Å². The van der Waals surface area contributed by atoms with Crippen molar-refractivity contribution in [2.24, 2.45) is 0 Å². The zero-order valence-electron chi connectivity index (χ0n) is 9.92. The summed E-state index contributed by atoms with van der Waals surface area (Å²) in [5.41, 5.74) is 1.09. The molecule has 0 unspecified atom stereocenters. The highest BCUT2D eigenvalue weighted by molar-refractivity contribution is 9.10. The van der Waals surface area contributed by atoms with Crippen LogP contribution in [0.4, 0.5) is 20.3 Å². The lowest BCUT2D eigenvalue weighted by Gasteiger charge is -2.19. The summed E-state index contributed by atoms with van der Waals surface area (Å²) >= 11 is 3.35. The predicted molar refractivity (Wildman–Crippen MR) is 71.1 cm³/mol. The van der Waals surface area contributed by atoms with E-state index >= 15 is 0 Å². The van der Waals surface area contributed by atoms with Gasteiger partial charge in [0.2, 0.25) is 0 Å². The Kier molecular flexibility index (Phi) is 3.61. The van der Waals surface area contributed by atoms with Crippen molar-refractivity contribution in [1.29, 1.82) is 0 Å². The first kappa shape index (κ1) is 13.0. The van der Waals surface area contributed by atoms with Crippen molar-refractivity contribution in [3.63, 3.8) is 0 Å². The van der Waals surface area contributed by atoms with E-state index in [0.29, 0.717) is 5.82 Å². The third-order valence-electron chi connectivity index (χ3n) is 2.62. The second-order valence-electron chi connectivity index (χ2n) is 3.89. The third kappa shape index (κ3) is 2.51. The fraction of sp³-hybridized carbons (Fsp3) is 0.154. The largest absolute Gasteiger partial charge is 0.327 e. The van der Waals surface area contributed by atoms with E-state index in [4.69, 9.17) is 0 Å². The van der Waals surface area contributed by atoms with Crippen LogP contribution in [0, 0.1) is 18.6 Å². The summed E-state index contributed by atoms with van der Waals surface area (Å²) in [6, 6.07) is 7.08. The van der Waals surface area contributed by atoms with Crippen molar-refractivity contribution in [2.45, 2.75) is 6.92 Å². The van der Waals surface area contributed by atoms with Gasteiger partial charge in [-0.25, -0.2) is 13.8 Å². The molecule has 94 valence electrons. The number of halogens is 3. The van der Waals surface area contributed by atoms with Gasteiger partial charge < -0.3 is 4.90 Å². The fourth-order valence-electron chi connectivity index (χ4n) is 1.59. The van der Waals surface area contributed by atoms with Gasteiger partial charge in [0.15, 0.2) is 0 Å². The summed E-state index contributed by atoms with van der Waals surface area (Å²) in [5.74, 6) is -0.606.